The molecule has 0 aromatic carbocycles. The van der Waals surface area contributed by atoms with Gasteiger partial charge >= 0.3 is 146 Å². The zero-order chi connectivity index (χ0) is 22.1. The first-order valence-corrected chi connectivity index (χ1v) is 13.9. The Kier molecular flexibility index (Phi) is 5.99. The molecule has 1 saturated heterocycles. The average Bonchev–Trinajstić information content (AvgIpc) is 3.32. The summed E-state index contributed by atoms with van der Waals surface area (Å²) in [6, 6.07) is 1.89. The van der Waals surface area contributed by atoms with Crippen LogP contribution in [0.2, 0.25) is 0 Å². The number of fused-ring (bicyclic) bond motifs is 1. The van der Waals surface area contributed by atoms with Crippen molar-refractivity contribution >= 4 is 17.7 Å². The van der Waals surface area contributed by atoms with Crippen LogP contribution in [0, 0.1) is 12.8 Å². The number of rotatable bonds is 5. The molecular weight excluding hydrogens is 517 g/mol. The number of carbonyl (C=O) groups is 1. The molecule has 0 spiro atoms. The molecule has 2 aromatic heterocycles. The van der Waals surface area contributed by atoms with Crippen LogP contribution in [0.1, 0.15) is 5.56 Å². The summed E-state index contributed by atoms with van der Waals surface area (Å²) in [6.07, 6.45) is 13.9. The molecule has 5 rings (SSSR count). The van der Waals surface area contributed by atoms with Gasteiger partial charge in [-0.05, 0) is 6.07 Å². The Balaban J connectivity index is 1.37. The molecule has 8 nitrogen and oxygen atoms in total. The Morgan fingerprint density at radius 1 is 1.25 bits per heavy atom. The fourth-order valence-electron chi connectivity index (χ4n) is 4.24. The molecule has 4 heterocycles. The van der Waals surface area contributed by atoms with Gasteiger partial charge in [0.15, 0.2) is 0 Å². The van der Waals surface area contributed by atoms with Gasteiger partial charge in [-0.1, -0.05) is 0 Å². The second-order valence-corrected chi connectivity index (χ2v) is 11.5. The second-order valence-electron chi connectivity index (χ2n) is 8.24. The van der Waals surface area contributed by atoms with Crippen LogP contribution < -0.4 is 31.4 Å². The van der Waals surface area contributed by atoms with Crippen LogP contribution in [0.5, 0.6) is 0 Å². The molecule has 168 valence electrons. The van der Waals surface area contributed by atoms with Gasteiger partial charge < -0.3 is 0 Å². The number of aryl methyl sites for hydroxylation is 1. The summed E-state index contributed by atoms with van der Waals surface area (Å²) in [6.45, 7) is 4.63. The fraction of sp³-hybridized carbons (Fsp3) is 0.391. The molecule has 1 amide bonds. The van der Waals surface area contributed by atoms with Gasteiger partial charge in [-0.15, -0.1) is 0 Å². The van der Waals surface area contributed by atoms with Gasteiger partial charge in [0.2, 0.25) is 0 Å². The molecule has 1 fully saturated rings. The summed E-state index contributed by atoms with van der Waals surface area (Å²) in [5.74, 6) is 1.80. The number of hydrogen-bond donors (Lipinski definition) is 1. The van der Waals surface area contributed by atoms with E-state index in [2.05, 4.69) is 38.5 Å². The molecule has 0 saturated carbocycles. The Labute approximate surface area is 198 Å². The van der Waals surface area contributed by atoms with E-state index in [1.165, 1.54) is 8.86 Å². The number of allylic oxidation sites excluding steroid dienone is 1. The Morgan fingerprint density at radius 2 is 2.09 bits per heavy atom. The quantitative estimate of drug-likeness (QED) is 0.378. The zero-order valence-electron chi connectivity index (χ0n) is 18.3. The van der Waals surface area contributed by atoms with E-state index in [0.29, 0.717) is 27.7 Å². The Morgan fingerprint density at radius 3 is 2.88 bits per heavy atom. The maximum atomic E-state index is 12.8. The molecule has 0 radical (unpaired) electrons. The average molecular weight is 544 g/mol. The van der Waals surface area contributed by atoms with E-state index in [4.69, 9.17) is 4.98 Å². The van der Waals surface area contributed by atoms with E-state index in [1.54, 1.807) is 10.9 Å². The van der Waals surface area contributed by atoms with Crippen molar-refractivity contribution in [1.82, 2.24) is 24.6 Å². The first-order valence-electron chi connectivity index (χ1n) is 10.8. The molecule has 9 heteroatoms. The van der Waals surface area contributed by atoms with Crippen molar-refractivity contribution in [1.29, 1.82) is 0 Å². The summed E-state index contributed by atoms with van der Waals surface area (Å²) in [7, 11) is 1.87. The Bertz CT molecular complexity index is 1090. The van der Waals surface area contributed by atoms with Gasteiger partial charge in [0.25, 0.3) is 5.91 Å². The standard InChI is InChI=1S/C23H27IN7O/c1-16-14-25-23(30-10-6-24-7-11-30)28-21(16)27-19-4-5-20-17(13-19)12-18(22(32)29(20)2)15-31-9-3-8-26-31/h3-5,8-9,12-14,17,20H,6-7,10-11,15H2,1-2H3,(H,25,27,28)/q-1. The first kappa shape index (κ1) is 21.2. The van der Waals surface area contributed by atoms with Crippen LogP contribution in [0.3, 0.4) is 0 Å². The molecule has 1 N–H and O–H groups in total. The number of nitrogens with zero attached hydrogens (tertiary/aromatic N) is 6. The van der Waals surface area contributed by atoms with Crippen LogP contribution in [0.4, 0.5) is 11.8 Å². The summed E-state index contributed by atoms with van der Waals surface area (Å²) in [5.41, 5.74) is 2.76. The third-order valence-electron chi connectivity index (χ3n) is 6.05. The third kappa shape index (κ3) is 4.30. The number of amides is 1. The number of anilines is 2. The predicted octanol–water partition coefficient (Wildman–Crippen LogP) is -1.16. The number of aromatic nitrogens is 4. The number of carbonyl (C=O) groups excluding carboxylic acids is 1. The number of hydrogen-bond acceptors (Lipinski definition) is 6. The molecule has 2 aliphatic heterocycles. The van der Waals surface area contributed by atoms with E-state index in [9.17, 15) is 4.79 Å². The molecule has 1 aliphatic carbocycles. The van der Waals surface area contributed by atoms with E-state index >= 15 is 0 Å². The first-order chi connectivity index (χ1) is 15.6. The summed E-state index contributed by atoms with van der Waals surface area (Å²) in [5, 5.41) is 7.75. The molecule has 2 unspecified atom stereocenters. The number of alkyl halides is 2. The topological polar surface area (TPSA) is 79.2 Å². The summed E-state index contributed by atoms with van der Waals surface area (Å²) in [4.78, 5) is 26.4. The monoisotopic (exact) mass is 544 g/mol. The van der Waals surface area contributed by atoms with Gasteiger partial charge in [-0.25, -0.2) is 0 Å². The van der Waals surface area contributed by atoms with Crippen LogP contribution >= 0.6 is 0 Å². The maximum absolute atomic E-state index is 12.8. The van der Waals surface area contributed by atoms with Gasteiger partial charge in [0, 0.05) is 19.4 Å². The second kappa shape index (κ2) is 9.05. The molecule has 32 heavy (non-hydrogen) atoms. The summed E-state index contributed by atoms with van der Waals surface area (Å²) < 4.78 is 4.39. The fourth-order valence-corrected chi connectivity index (χ4v) is 6.63. The van der Waals surface area contributed by atoms with Crippen molar-refractivity contribution in [2.24, 2.45) is 5.92 Å². The van der Waals surface area contributed by atoms with E-state index in [1.807, 2.05) is 43.4 Å². The number of likely N-dealkylation sites (N-methyl/N-ethyl adjacent to an activating group) is 1. The molecule has 2 atom stereocenters. The summed E-state index contributed by atoms with van der Waals surface area (Å²) >= 11 is 0.364. The predicted molar refractivity (Wildman–Crippen MR) is 120 cm³/mol. The van der Waals surface area contributed by atoms with Crippen LogP contribution in [0.15, 0.2) is 60.2 Å². The number of halogens is 1. The van der Waals surface area contributed by atoms with Crippen LogP contribution in [-0.2, 0) is 11.3 Å². The van der Waals surface area contributed by atoms with Crippen molar-refractivity contribution in [3.63, 3.8) is 0 Å². The normalized spacial score (nSPS) is 23.2. The van der Waals surface area contributed by atoms with Crippen molar-refractivity contribution in [2.45, 2.75) is 19.5 Å². The molecule has 3 aliphatic rings. The van der Waals surface area contributed by atoms with E-state index in [0.717, 1.165) is 41.7 Å². The number of nitrogens with one attached hydrogen (secondary N) is 1. The minimum atomic E-state index is 0.0214. The molecular formula is C23H27IN7O-. The van der Waals surface area contributed by atoms with E-state index < -0.39 is 0 Å². The minimum absolute atomic E-state index is 0.0214. The third-order valence-corrected chi connectivity index (χ3v) is 8.54. The molecule has 0 bridgehead atoms. The van der Waals surface area contributed by atoms with Gasteiger partial charge in [0.05, 0.1) is 6.54 Å². The van der Waals surface area contributed by atoms with Crippen LogP contribution in [-0.4, -0.2) is 65.6 Å². The SMILES string of the molecule is Cc1cnc(N2CC[I-]CC2)nc1NC1=CC2C=C(Cn3cccn3)C(=O)N(C)C2C=C1. The van der Waals surface area contributed by atoms with Gasteiger partial charge in [-0.3, -0.25) is 9.48 Å². The molecule has 2 aromatic rings. The van der Waals surface area contributed by atoms with Crippen molar-refractivity contribution in [3.8, 4) is 0 Å². The van der Waals surface area contributed by atoms with Gasteiger partial charge in [-0.2, -0.15) is 5.10 Å². The van der Waals surface area contributed by atoms with Gasteiger partial charge in [0.1, 0.15) is 0 Å². The van der Waals surface area contributed by atoms with Crippen molar-refractivity contribution < 1.29 is 26.0 Å². The van der Waals surface area contributed by atoms with E-state index in [-0.39, 0.29) is 17.9 Å². The van der Waals surface area contributed by atoms with Crippen molar-refractivity contribution in [3.05, 3.63) is 65.8 Å². The van der Waals surface area contributed by atoms with Crippen molar-refractivity contribution in [2.75, 3.05) is 39.2 Å². The van der Waals surface area contributed by atoms with Crippen LogP contribution in [0.25, 0.3) is 0 Å². The zero-order valence-corrected chi connectivity index (χ0v) is 20.4. The Hall–Kier alpha value is -2.69.